The molecule has 1 saturated carbocycles. The van der Waals surface area contributed by atoms with Crippen LogP contribution >= 0.6 is 11.8 Å². The predicted octanol–water partition coefficient (Wildman–Crippen LogP) is 4.29. The molecule has 1 atom stereocenters. The zero-order chi connectivity index (χ0) is 17.8. The zero-order valence-electron chi connectivity index (χ0n) is 15.2. The summed E-state index contributed by atoms with van der Waals surface area (Å²) in [5.41, 5.74) is 2.00. The average Bonchev–Trinajstić information content (AvgIpc) is 2.98. The fourth-order valence-corrected chi connectivity index (χ4v) is 4.06. The summed E-state index contributed by atoms with van der Waals surface area (Å²) >= 11 is 1.46. The lowest BCUT2D eigenvalue weighted by Crippen LogP contribution is -2.22. The summed E-state index contributed by atoms with van der Waals surface area (Å²) in [5.74, 6) is 1.56. The van der Waals surface area contributed by atoms with Crippen LogP contribution in [0.15, 0.2) is 29.4 Å². The number of thioether (sulfide) groups is 1. The predicted molar refractivity (Wildman–Crippen MR) is 102 cm³/mol. The normalized spacial score (nSPS) is 16.6. The molecule has 0 radical (unpaired) electrons. The number of amides is 1. The second-order valence-electron chi connectivity index (χ2n) is 6.85. The van der Waals surface area contributed by atoms with Crippen LogP contribution in [0.4, 0.5) is 5.69 Å². The van der Waals surface area contributed by atoms with E-state index in [4.69, 9.17) is 0 Å². The molecule has 0 saturated heterocycles. The van der Waals surface area contributed by atoms with Crippen LogP contribution in [0.2, 0.25) is 0 Å². The van der Waals surface area contributed by atoms with Crippen LogP contribution in [0.5, 0.6) is 0 Å². The van der Waals surface area contributed by atoms with Gasteiger partial charge in [0.05, 0.1) is 5.25 Å². The van der Waals surface area contributed by atoms with Crippen molar-refractivity contribution in [2.45, 2.75) is 62.3 Å². The van der Waals surface area contributed by atoms with Crippen molar-refractivity contribution in [3.05, 3.63) is 35.7 Å². The van der Waals surface area contributed by atoms with Gasteiger partial charge < -0.3 is 9.88 Å². The first-order valence-electron chi connectivity index (χ1n) is 8.98. The Morgan fingerprint density at radius 2 is 1.88 bits per heavy atom. The van der Waals surface area contributed by atoms with Gasteiger partial charge in [-0.2, -0.15) is 0 Å². The summed E-state index contributed by atoms with van der Waals surface area (Å²) in [4.78, 5) is 12.4. The fourth-order valence-electron chi connectivity index (χ4n) is 3.24. The van der Waals surface area contributed by atoms with E-state index in [1.54, 1.807) is 0 Å². The summed E-state index contributed by atoms with van der Waals surface area (Å²) < 4.78 is 2.07. The first kappa shape index (κ1) is 18.0. The summed E-state index contributed by atoms with van der Waals surface area (Å²) in [5, 5.41) is 12.3. The molecule has 2 aromatic rings. The van der Waals surface area contributed by atoms with Crippen LogP contribution in [-0.2, 0) is 11.8 Å². The highest BCUT2D eigenvalue weighted by molar-refractivity contribution is 8.00. The molecule has 0 bridgehead atoms. The first-order valence-corrected chi connectivity index (χ1v) is 9.86. The van der Waals surface area contributed by atoms with E-state index in [1.165, 1.54) is 49.4 Å². The van der Waals surface area contributed by atoms with Crippen molar-refractivity contribution < 1.29 is 4.79 Å². The van der Waals surface area contributed by atoms with Gasteiger partial charge in [-0.25, -0.2) is 0 Å². The Morgan fingerprint density at radius 1 is 1.20 bits per heavy atom. The van der Waals surface area contributed by atoms with E-state index in [9.17, 15) is 4.79 Å². The first-order chi connectivity index (χ1) is 12.0. The van der Waals surface area contributed by atoms with Crippen molar-refractivity contribution in [3.8, 4) is 0 Å². The number of benzene rings is 1. The van der Waals surface area contributed by atoms with Gasteiger partial charge in [-0.15, -0.1) is 10.2 Å². The smallest absolute Gasteiger partial charge is 0.237 e. The van der Waals surface area contributed by atoms with Gasteiger partial charge in [0.2, 0.25) is 5.91 Å². The van der Waals surface area contributed by atoms with E-state index in [0.717, 1.165) is 16.7 Å². The molecule has 5 nitrogen and oxygen atoms in total. The van der Waals surface area contributed by atoms with E-state index < -0.39 is 0 Å². The maximum absolute atomic E-state index is 12.4. The minimum Gasteiger partial charge on any atom is -0.325 e. The van der Waals surface area contributed by atoms with Crippen molar-refractivity contribution in [2.24, 2.45) is 7.05 Å². The van der Waals surface area contributed by atoms with Crippen molar-refractivity contribution in [1.82, 2.24) is 14.8 Å². The highest BCUT2D eigenvalue weighted by Crippen LogP contribution is 2.33. The van der Waals surface area contributed by atoms with Gasteiger partial charge in [-0.1, -0.05) is 48.7 Å². The molecule has 1 unspecified atom stereocenters. The number of aryl methyl sites for hydroxylation is 1. The van der Waals surface area contributed by atoms with E-state index in [0.29, 0.717) is 5.92 Å². The van der Waals surface area contributed by atoms with Gasteiger partial charge >= 0.3 is 0 Å². The molecule has 1 aliphatic carbocycles. The number of carbonyl (C=O) groups excluding carboxylic acids is 1. The fraction of sp³-hybridized carbons (Fsp3) is 0.526. The van der Waals surface area contributed by atoms with Gasteiger partial charge in [0.25, 0.3) is 0 Å². The molecule has 1 amide bonds. The highest BCUT2D eigenvalue weighted by atomic mass is 32.2. The summed E-state index contributed by atoms with van der Waals surface area (Å²) in [6.45, 7) is 3.94. The molecule has 0 aliphatic heterocycles. The zero-order valence-corrected chi connectivity index (χ0v) is 16.0. The number of aromatic nitrogens is 3. The van der Waals surface area contributed by atoms with Crippen molar-refractivity contribution >= 4 is 23.4 Å². The highest BCUT2D eigenvalue weighted by Gasteiger charge is 2.24. The van der Waals surface area contributed by atoms with E-state index in [-0.39, 0.29) is 11.2 Å². The lowest BCUT2D eigenvalue weighted by atomic mass is 9.89. The third kappa shape index (κ3) is 4.42. The topological polar surface area (TPSA) is 59.8 Å². The molecule has 1 aromatic carbocycles. The van der Waals surface area contributed by atoms with Crippen LogP contribution in [0.25, 0.3) is 0 Å². The third-order valence-electron chi connectivity index (χ3n) is 4.81. The average molecular weight is 359 g/mol. The summed E-state index contributed by atoms with van der Waals surface area (Å²) in [6.07, 6.45) is 6.26. The maximum atomic E-state index is 12.4. The van der Waals surface area contributed by atoms with Gasteiger partial charge in [0.15, 0.2) is 5.16 Å². The van der Waals surface area contributed by atoms with Crippen LogP contribution < -0.4 is 5.32 Å². The molecule has 1 N–H and O–H groups in total. The summed E-state index contributed by atoms with van der Waals surface area (Å²) in [6, 6.07) is 7.83. The molecule has 1 aromatic heterocycles. The molecule has 3 rings (SSSR count). The lowest BCUT2D eigenvalue weighted by molar-refractivity contribution is -0.115. The summed E-state index contributed by atoms with van der Waals surface area (Å²) in [7, 11) is 2.01. The minimum atomic E-state index is -0.233. The molecular formula is C19H26N4OS. The molecule has 6 heteroatoms. The minimum absolute atomic E-state index is 0.0175. The third-order valence-corrected chi connectivity index (χ3v) is 5.94. The van der Waals surface area contributed by atoms with Crippen molar-refractivity contribution in [1.29, 1.82) is 0 Å². The van der Waals surface area contributed by atoms with Gasteiger partial charge in [0.1, 0.15) is 5.82 Å². The Morgan fingerprint density at radius 3 is 2.56 bits per heavy atom. The Bertz CT molecular complexity index is 720. The Balaban J connectivity index is 1.62. The number of nitrogens with zero attached hydrogens (tertiary/aromatic N) is 3. The van der Waals surface area contributed by atoms with Crippen molar-refractivity contribution in [3.63, 3.8) is 0 Å². The number of hydrogen-bond donors (Lipinski definition) is 1. The van der Waals surface area contributed by atoms with E-state index in [1.807, 2.05) is 45.2 Å². The Kier molecular flexibility index (Phi) is 5.78. The standard InChI is InChI=1S/C19H26N4OS/c1-13-9-11-16(12-10-13)20-18(24)14(2)25-19-22-21-17(23(19)3)15-7-5-4-6-8-15/h9-12,14-15H,4-8H2,1-3H3,(H,20,24). The molecule has 0 spiro atoms. The lowest BCUT2D eigenvalue weighted by Gasteiger charge is -2.20. The van der Waals surface area contributed by atoms with Crippen LogP contribution in [0, 0.1) is 6.92 Å². The molecule has 25 heavy (non-hydrogen) atoms. The van der Waals surface area contributed by atoms with Gasteiger partial charge in [-0.05, 0) is 38.8 Å². The van der Waals surface area contributed by atoms with Crippen LogP contribution in [0.3, 0.4) is 0 Å². The Hall–Kier alpha value is -1.82. The van der Waals surface area contributed by atoms with E-state index >= 15 is 0 Å². The number of hydrogen-bond acceptors (Lipinski definition) is 4. The van der Waals surface area contributed by atoms with Crippen LogP contribution in [0.1, 0.15) is 56.3 Å². The SMILES string of the molecule is Cc1ccc(NC(=O)C(C)Sc2nnc(C3CCCCC3)n2C)cc1. The quantitative estimate of drug-likeness (QED) is 0.810. The number of carbonyl (C=O) groups is 1. The number of anilines is 1. The number of nitrogens with one attached hydrogen (secondary N) is 1. The second-order valence-corrected chi connectivity index (χ2v) is 8.16. The Labute approximate surface area is 153 Å². The molecule has 134 valence electrons. The maximum Gasteiger partial charge on any atom is 0.237 e. The van der Waals surface area contributed by atoms with Crippen LogP contribution in [-0.4, -0.2) is 25.9 Å². The molecule has 1 aliphatic rings. The second kappa shape index (κ2) is 8.04. The molecule has 1 fully saturated rings. The van der Waals surface area contributed by atoms with Gasteiger partial charge in [-0.3, -0.25) is 4.79 Å². The van der Waals surface area contributed by atoms with E-state index in [2.05, 4.69) is 20.1 Å². The monoisotopic (exact) mass is 358 g/mol. The number of rotatable bonds is 5. The van der Waals surface area contributed by atoms with Crippen molar-refractivity contribution in [2.75, 3.05) is 5.32 Å². The largest absolute Gasteiger partial charge is 0.325 e. The molecule has 1 heterocycles. The van der Waals surface area contributed by atoms with Gasteiger partial charge in [0, 0.05) is 18.7 Å². The molecular weight excluding hydrogens is 332 g/mol.